The lowest BCUT2D eigenvalue weighted by atomic mass is 9.79. The van der Waals surface area contributed by atoms with E-state index >= 15 is 0 Å². The van der Waals surface area contributed by atoms with Crippen LogP contribution in [0.25, 0.3) is 0 Å². The Morgan fingerprint density at radius 3 is 2.54 bits per heavy atom. The van der Waals surface area contributed by atoms with Gasteiger partial charge in [-0.2, -0.15) is 0 Å². The van der Waals surface area contributed by atoms with E-state index in [9.17, 15) is 0 Å². The molecule has 0 saturated heterocycles. The number of rotatable bonds is 7. The van der Waals surface area contributed by atoms with Gasteiger partial charge in [0.15, 0.2) is 11.8 Å². The van der Waals surface area contributed by atoms with Crippen LogP contribution in [-0.2, 0) is 19.0 Å². The van der Waals surface area contributed by atoms with E-state index in [1.807, 2.05) is 24.6 Å². The molecule has 6 nitrogen and oxygen atoms in total. The number of hydrogen-bond donors (Lipinski definition) is 2. The quantitative estimate of drug-likeness (QED) is 0.268. The van der Waals surface area contributed by atoms with Gasteiger partial charge in [0.05, 0.1) is 0 Å². The topological polar surface area (TPSA) is 67.1 Å². The third-order valence-corrected chi connectivity index (χ3v) is 5.52. The highest BCUT2D eigenvalue weighted by Gasteiger charge is 2.35. The first-order valence-electron chi connectivity index (χ1n) is 9.68. The molecule has 0 unspecified atom stereocenters. The Morgan fingerprint density at radius 2 is 1.93 bits per heavy atom. The third-order valence-electron chi connectivity index (χ3n) is 5.52. The van der Waals surface area contributed by atoms with E-state index in [1.165, 1.54) is 31.2 Å². The molecule has 0 amide bonds. The van der Waals surface area contributed by atoms with Crippen molar-refractivity contribution < 1.29 is 0 Å². The maximum Gasteiger partial charge on any atom is 0.191 e. The van der Waals surface area contributed by atoms with Gasteiger partial charge in [0.2, 0.25) is 0 Å². The van der Waals surface area contributed by atoms with Crippen molar-refractivity contribution in [2.45, 2.75) is 44.6 Å². The van der Waals surface area contributed by atoms with Crippen molar-refractivity contribution in [2.75, 3.05) is 13.1 Å². The molecule has 2 N–H and O–H groups in total. The predicted molar refractivity (Wildman–Crippen MR) is 125 cm³/mol. The van der Waals surface area contributed by atoms with Crippen LogP contribution in [-0.4, -0.2) is 33.8 Å². The van der Waals surface area contributed by atoms with Gasteiger partial charge in [-0.25, -0.2) is 4.99 Å². The number of benzene rings is 1. The van der Waals surface area contributed by atoms with E-state index in [0.717, 1.165) is 24.2 Å². The Bertz CT molecular complexity index is 777. The van der Waals surface area contributed by atoms with E-state index in [2.05, 4.69) is 57.7 Å². The molecule has 152 valence electrons. The van der Waals surface area contributed by atoms with Crippen LogP contribution in [0.15, 0.2) is 48.0 Å². The van der Waals surface area contributed by atoms with Crippen molar-refractivity contribution in [3.8, 4) is 0 Å². The van der Waals surface area contributed by atoms with Gasteiger partial charge in [-0.05, 0) is 25.3 Å². The number of halogens is 1. The van der Waals surface area contributed by atoms with E-state index in [0.29, 0.717) is 13.1 Å². The summed E-state index contributed by atoms with van der Waals surface area (Å²) in [5, 5.41) is 15.2. The lowest BCUT2D eigenvalue weighted by Gasteiger charge is -2.30. The van der Waals surface area contributed by atoms with Crippen LogP contribution in [0, 0.1) is 6.92 Å². The highest BCUT2D eigenvalue weighted by molar-refractivity contribution is 14.0. The summed E-state index contributed by atoms with van der Waals surface area (Å²) >= 11 is 0. The summed E-state index contributed by atoms with van der Waals surface area (Å²) in [5.41, 5.74) is 1.60. The van der Waals surface area contributed by atoms with Crippen LogP contribution in [0.2, 0.25) is 0 Å². The molecule has 1 aromatic carbocycles. The number of nitrogens with one attached hydrogen (secondary N) is 2. The number of guanidine groups is 1. The van der Waals surface area contributed by atoms with E-state index in [-0.39, 0.29) is 29.4 Å². The summed E-state index contributed by atoms with van der Waals surface area (Å²) in [6.07, 6.45) is 6.82. The predicted octanol–water partition coefficient (Wildman–Crippen LogP) is 3.47. The minimum Gasteiger partial charge on any atom is -0.355 e. The zero-order valence-corrected chi connectivity index (χ0v) is 19.1. The molecule has 1 aromatic heterocycles. The molecule has 1 aliphatic rings. The van der Waals surface area contributed by atoms with E-state index in [4.69, 9.17) is 4.99 Å². The molecule has 0 aliphatic heterocycles. The molecule has 0 bridgehead atoms. The SMILES string of the molecule is C=CCNC(=NCc1nnc(C)n1C)NCC1(c2ccccc2)CCCC1.I. The molecule has 2 aromatic rings. The zero-order valence-electron chi connectivity index (χ0n) is 16.8. The summed E-state index contributed by atoms with van der Waals surface area (Å²) in [6, 6.07) is 10.9. The number of nitrogens with zero attached hydrogens (tertiary/aromatic N) is 4. The van der Waals surface area contributed by atoms with Crippen molar-refractivity contribution in [1.82, 2.24) is 25.4 Å². The number of aliphatic imine (C=N–C) groups is 1. The fourth-order valence-corrected chi connectivity index (χ4v) is 3.75. The molecule has 1 saturated carbocycles. The lowest BCUT2D eigenvalue weighted by molar-refractivity contribution is 0.432. The lowest BCUT2D eigenvalue weighted by Crippen LogP contribution is -2.44. The third kappa shape index (κ3) is 5.33. The summed E-state index contributed by atoms with van der Waals surface area (Å²) in [4.78, 5) is 4.71. The first-order chi connectivity index (χ1) is 13.1. The van der Waals surface area contributed by atoms with Gasteiger partial charge >= 0.3 is 0 Å². The average molecular weight is 494 g/mol. The largest absolute Gasteiger partial charge is 0.355 e. The first-order valence-corrected chi connectivity index (χ1v) is 9.68. The number of aromatic nitrogens is 3. The van der Waals surface area contributed by atoms with Gasteiger partial charge in [0, 0.05) is 25.6 Å². The number of aryl methyl sites for hydroxylation is 1. The molecule has 3 rings (SSSR count). The summed E-state index contributed by atoms with van der Waals surface area (Å²) in [6.45, 7) is 7.77. The van der Waals surface area contributed by atoms with E-state index in [1.54, 1.807) is 0 Å². The van der Waals surface area contributed by atoms with Gasteiger partial charge in [-0.15, -0.1) is 40.8 Å². The normalized spacial score (nSPS) is 15.7. The standard InChI is InChI=1S/C21H30N6.HI/c1-4-14-22-20(23-15-19-26-25-17(2)27(19)3)24-16-21(12-8-9-13-21)18-10-6-5-7-11-18;/h4-7,10-11H,1,8-9,12-16H2,2-3H3,(H2,22,23,24);1H. The second kappa shape index (κ2) is 10.6. The van der Waals surface area contributed by atoms with Gasteiger partial charge in [0.25, 0.3) is 0 Å². The average Bonchev–Trinajstić information content (AvgIpc) is 3.31. The summed E-state index contributed by atoms with van der Waals surface area (Å²) in [7, 11) is 1.97. The van der Waals surface area contributed by atoms with Crippen LogP contribution in [0.1, 0.15) is 42.9 Å². The monoisotopic (exact) mass is 494 g/mol. The molecule has 1 fully saturated rings. The zero-order chi connectivity index (χ0) is 19.1. The minimum atomic E-state index is 0. The summed E-state index contributed by atoms with van der Waals surface area (Å²) in [5.74, 6) is 2.53. The molecule has 1 heterocycles. The maximum absolute atomic E-state index is 4.71. The first kappa shape index (κ1) is 22.4. The van der Waals surface area contributed by atoms with E-state index < -0.39 is 0 Å². The highest BCUT2D eigenvalue weighted by atomic mass is 127. The fourth-order valence-electron chi connectivity index (χ4n) is 3.75. The van der Waals surface area contributed by atoms with Crippen LogP contribution in [0.4, 0.5) is 0 Å². The molecule has 0 radical (unpaired) electrons. The van der Waals surface area contributed by atoms with Crippen LogP contribution in [0.5, 0.6) is 0 Å². The summed E-state index contributed by atoms with van der Waals surface area (Å²) < 4.78 is 1.97. The molecule has 1 aliphatic carbocycles. The second-order valence-electron chi connectivity index (χ2n) is 7.26. The Hall–Kier alpha value is -1.90. The molecular weight excluding hydrogens is 463 g/mol. The van der Waals surface area contributed by atoms with Gasteiger partial charge in [-0.1, -0.05) is 49.2 Å². The van der Waals surface area contributed by atoms with Crippen molar-refractivity contribution in [1.29, 1.82) is 0 Å². The van der Waals surface area contributed by atoms with Crippen molar-refractivity contribution in [3.63, 3.8) is 0 Å². The second-order valence-corrected chi connectivity index (χ2v) is 7.26. The Balaban J connectivity index is 0.00000280. The van der Waals surface area contributed by atoms with Crippen LogP contribution < -0.4 is 10.6 Å². The Morgan fingerprint density at radius 1 is 1.21 bits per heavy atom. The fraction of sp³-hybridized carbons (Fsp3) is 0.476. The Kier molecular flexibility index (Phi) is 8.47. The molecule has 7 heteroatoms. The van der Waals surface area contributed by atoms with Gasteiger partial charge in [-0.3, -0.25) is 0 Å². The van der Waals surface area contributed by atoms with Crippen LogP contribution in [0.3, 0.4) is 0 Å². The molecular formula is C21H31IN6. The van der Waals surface area contributed by atoms with Crippen molar-refractivity contribution in [2.24, 2.45) is 12.0 Å². The Labute approximate surface area is 185 Å². The molecule has 28 heavy (non-hydrogen) atoms. The maximum atomic E-state index is 4.71. The van der Waals surface area contributed by atoms with Gasteiger partial charge < -0.3 is 15.2 Å². The van der Waals surface area contributed by atoms with Crippen LogP contribution >= 0.6 is 24.0 Å². The van der Waals surface area contributed by atoms with Gasteiger partial charge in [0.1, 0.15) is 12.4 Å². The van der Waals surface area contributed by atoms with Crippen molar-refractivity contribution in [3.05, 3.63) is 60.2 Å². The molecule has 0 atom stereocenters. The smallest absolute Gasteiger partial charge is 0.191 e. The number of hydrogen-bond acceptors (Lipinski definition) is 3. The molecule has 0 spiro atoms. The highest BCUT2D eigenvalue weighted by Crippen LogP contribution is 2.40. The van der Waals surface area contributed by atoms with Crippen molar-refractivity contribution >= 4 is 29.9 Å². The minimum absolute atomic E-state index is 0.